The number of rotatable bonds is 7. The van der Waals surface area contributed by atoms with Gasteiger partial charge in [0.25, 0.3) is 0 Å². The van der Waals surface area contributed by atoms with Crippen molar-refractivity contribution in [3.63, 3.8) is 0 Å². The number of nitrogens with one attached hydrogen (secondary N) is 1. The summed E-state index contributed by atoms with van der Waals surface area (Å²) in [7, 11) is 1.33. The third-order valence-electron chi connectivity index (χ3n) is 1.88. The number of hydrogen-bond donors (Lipinski definition) is 2. The first-order valence-electron chi connectivity index (χ1n) is 6.84. The van der Waals surface area contributed by atoms with Gasteiger partial charge >= 0.3 is 11.9 Å². The molecule has 0 aromatic rings. The van der Waals surface area contributed by atoms with E-state index in [4.69, 9.17) is 5.11 Å². The number of unbranched alkanes of at least 4 members (excludes halogenated alkanes) is 1. The fourth-order valence-electron chi connectivity index (χ4n) is 0.700. The molecule has 0 bridgehead atoms. The molecule has 0 heterocycles. The van der Waals surface area contributed by atoms with Crippen LogP contribution < -0.4 is 5.32 Å². The van der Waals surface area contributed by atoms with Crippen LogP contribution in [0.2, 0.25) is 0 Å². The van der Waals surface area contributed by atoms with E-state index in [1.54, 1.807) is 6.92 Å². The molecule has 0 atom stereocenters. The highest BCUT2D eigenvalue weighted by Crippen LogP contribution is 1.88. The van der Waals surface area contributed by atoms with Gasteiger partial charge in [-0.2, -0.15) is 0 Å². The zero-order chi connectivity index (χ0) is 18.7. The summed E-state index contributed by atoms with van der Waals surface area (Å²) in [6, 6.07) is 0. The van der Waals surface area contributed by atoms with Gasteiger partial charge < -0.3 is 19.9 Å². The van der Waals surface area contributed by atoms with Crippen molar-refractivity contribution in [1.29, 1.82) is 0 Å². The lowest BCUT2D eigenvalue weighted by Crippen LogP contribution is -2.20. The van der Waals surface area contributed by atoms with Crippen molar-refractivity contribution in [3.05, 3.63) is 37.5 Å². The van der Waals surface area contributed by atoms with Crippen LogP contribution in [-0.4, -0.2) is 43.4 Å². The first-order chi connectivity index (χ1) is 10.8. The van der Waals surface area contributed by atoms with Gasteiger partial charge in [-0.3, -0.25) is 4.79 Å². The molecular formula is C16H27NO6. The summed E-state index contributed by atoms with van der Waals surface area (Å²) in [5.41, 5.74) is 0.433. The highest BCUT2D eigenvalue weighted by Gasteiger charge is 1.95. The number of amides is 1. The van der Waals surface area contributed by atoms with Crippen LogP contribution >= 0.6 is 0 Å². The zero-order valence-electron chi connectivity index (χ0n) is 14.1. The lowest BCUT2D eigenvalue weighted by atomic mass is 10.4. The van der Waals surface area contributed by atoms with Gasteiger partial charge in [0.2, 0.25) is 5.91 Å². The van der Waals surface area contributed by atoms with Crippen molar-refractivity contribution in [3.8, 4) is 0 Å². The molecular weight excluding hydrogens is 302 g/mol. The molecule has 0 rings (SSSR count). The molecule has 0 fully saturated rings. The molecule has 0 unspecified atom stereocenters. The van der Waals surface area contributed by atoms with Crippen LogP contribution in [-0.2, 0) is 23.9 Å². The fraction of sp³-hybridized carbons (Fsp3) is 0.438. The maximum absolute atomic E-state index is 10.3. The van der Waals surface area contributed by atoms with Crippen molar-refractivity contribution in [2.45, 2.75) is 26.7 Å². The third-order valence-corrected chi connectivity index (χ3v) is 1.88. The summed E-state index contributed by atoms with van der Waals surface area (Å²) in [5, 5.41) is 10.1. The maximum atomic E-state index is 10.3. The molecule has 132 valence electrons. The van der Waals surface area contributed by atoms with Gasteiger partial charge in [0.05, 0.1) is 13.7 Å². The normalized spacial score (nSPS) is 8.00. The SMILES string of the molecule is C=C(C)C(=O)OC.C=CC(=O)NCO.C=CC(=O)OCCCC. The van der Waals surface area contributed by atoms with E-state index in [-0.39, 0.29) is 24.6 Å². The molecule has 7 heteroatoms. The Morgan fingerprint density at radius 2 is 1.78 bits per heavy atom. The van der Waals surface area contributed by atoms with Gasteiger partial charge in [-0.25, -0.2) is 9.59 Å². The van der Waals surface area contributed by atoms with Crippen molar-refractivity contribution in [2.24, 2.45) is 0 Å². The smallest absolute Gasteiger partial charge is 0.332 e. The van der Waals surface area contributed by atoms with Gasteiger partial charge in [0, 0.05) is 11.6 Å². The molecule has 0 aromatic heterocycles. The first kappa shape index (κ1) is 25.5. The largest absolute Gasteiger partial charge is 0.466 e. The summed E-state index contributed by atoms with van der Waals surface area (Å²) in [5.74, 6) is -1.04. The number of ether oxygens (including phenoxy) is 2. The molecule has 0 radical (unpaired) electrons. The van der Waals surface area contributed by atoms with Crippen LogP contribution in [0.4, 0.5) is 0 Å². The van der Waals surface area contributed by atoms with E-state index in [0.717, 1.165) is 18.9 Å². The summed E-state index contributed by atoms with van der Waals surface area (Å²) >= 11 is 0. The zero-order valence-corrected chi connectivity index (χ0v) is 14.1. The summed E-state index contributed by atoms with van der Waals surface area (Å²) in [6.07, 6.45) is 4.25. The predicted molar refractivity (Wildman–Crippen MR) is 88.3 cm³/mol. The van der Waals surface area contributed by atoms with Gasteiger partial charge in [-0.15, -0.1) is 0 Å². The number of methoxy groups -OCH3 is 1. The average molecular weight is 329 g/mol. The van der Waals surface area contributed by atoms with E-state index in [0.29, 0.717) is 12.2 Å². The second-order valence-electron chi connectivity index (χ2n) is 3.90. The van der Waals surface area contributed by atoms with Gasteiger partial charge in [-0.1, -0.05) is 33.1 Å². The molecule has 0 aliphatic rings. The molecule has 23 heavy (non-hydrogen) atoms. The molecule has 0 aliphatic heterocycles. The summed E-state index contributed by atoms with van der Waals surface area (Å²) in [6.45, 7) is 13.6. The number of hydrogen-bond acceptors (Lipinski definition) is 6. The van der Waals surface area contributed by atoms with Gasteiger partial charge in [0.15, 0.2) is 0 Å². The lowest BCUT2D eigenvalue weighted by molar-refractivity contribution is -0.138. The number of carbonyl (C=O) groups excluding carboxylic acids is 3. The minimum Gasteiger partial charge on any atom is -0.466 e. The van der Waals surface area contributed by atoms with Crippen molar-refractivity contribution >= 4 is 17.8 Å². The van der Waals surface area contributed by atoms with E-state index >= 15 is 0 Å². The Labute approximate surface area is 137 Å². The second kappa shape index (κ2) is 19.6. The van der Waals surface area contributed by atoms with Crippen LogP contribution in [0.15, 0.2) is 37.5 Å². The third kappa shape index (κ3) is 24.9. The Kier molecular flexibility index (Phi) is 21.8. The minimum atomic E-state index is -0.359. The Morgan fingerprint density at radius 3 is 2.00 bits per heavy atom. The topological polar surface area (TPSA) is 102 Å². The highest BCUT2D eigenvalue weighted by molar-refractivity contribution is 5.87. The van der Waals surface area contributed by atoms with Gasteiger partial charge in [0.1, 0.15) is 6.73 Å². The fourth-order valence-corrected chi connectivity index (χ4v) is 0.700. The molecule has 0 saturated heterocycles. The van der Waals surface area contributed by atoms with Crippen LogP contribution in [0, 0.1) is 0 Å². The summed E-state index contributed by atoms with van der Waals surface area (Å²) < 4.78 is 8.95. The van der Waals surface area contributed by atoms with E-state index in [1.165, 1.54) is 13.2 Å². The Morgan fingerprint density at radius 1 is 1.22 bits per heavy atom. The number of aliphatic hydroxyl groups is 1. The molecule has 2 N–H and O–H groups in total. The van der Waals surface area contributed by atoms with Crippen molar-refractivity contribution < 1.29 is 29.0 Å². The number of aliphatic hydroxyl groups excluding tert-OH is 1. The van der Waals surface area contributed by atoms with Crippen LogP contribution in [0.5, 0.6) is 0 Å². The van der Waals surface area contributed by atoms with Gasteiger partial charge in [-0.05, 0) is 19.4 Å². The lowest BCUT2D eigenvalue weighted by Gasteiger charge is -1.97. The summed E-state index contributed by atoms with van der Waals surface area (Å²) in [4.78, 5) is 30.6. The second-order valence-corrected chi connectivity index (χ2v) is 3.90. The molecule has 1 amide bonds. The molecule has 0 aliphatic carbocycles. The van der Waals surface area contributed by atoms with Crippen LogP contribution in [0.1, 0.15) is 26.7 Å². The van der Waals surface area contributed by atoms with E-state index < -0.39 is 0 Å². The number of carbonyl (C=O) groups is 3. The molecule has 0 aromatic carbocycles. The quantitative estimate of drug-likeness (QED) is 0.317. The Balaban J connectivity index is -0.000000264. The van der Waals surface area contributed by atoms with Crippen LogP contribution in [0.25, 0.3) is 0 Å². The van der Waals surface area contributed by atoms with E-state index in [9.17, 15) is 14.4 Å². The van der Waals surface area contributed by atoms with E-state index in [1.807, 2.05) is 6.92 Å². The molecule has 0 saturated carbocycles. The van der Waals surface area contributed by atoms with Crippen LogP contribution in [0.3, 0.4) is 0 Å². The Bertz CT molecular complexity index is 388. The Hall–Kier alpha value is -2.41. The van der Waals surface area contributed by atoms with Crippen molar-refractivity contribution in [1.82, 2.24) is 5.32 Å². The first-order valence-corrected chi connectivity index (χ1v) is 6.84. The average Bonchev–Trinajstić information content (AvgIpc) is 2.55. The van der Waals surface area contributed by atoms with E-state index in [2.05, 4.69) is 34.5 Å². The molecule has 0 spiro atoms. The standard InChI is InChI=1S/C7H12O2.C5H8O2.C4H7NO2/c1-3-5-6-9-7(8)4-2;1-4(2)5(6)7-3;1-2-4(7)5-3-6/h4H,2-3,5-6H2,1H3;1H2,2-3H3;2,6H,1,3H2,(H,5,7). The minimum absolute atomic E-state index is 0.329. The maximum Gasteiger partial charge on any atom is 0.332 e. The predicted octanol–water partition coefficient (Wildman–Crippen LogP) is 1.49. The highest BCUT2D eigenvalue weighted by atomic mass is 16.5. The monoisotopic (exact) mass is 329 g/mol. The van der Waals surface area contributed by atoms with Crippen molar-refractivity contribution in [2.75, 3.05) is 20.4 Å². The molecule has 7 nitrogen and oxygen atoms in total. The number of esters is 2.